The summed E-state index contributed by atoms with van der Waals surface area (Å²) in [5, 5.41) is 0. The van der Waals surface area contributed by atoms with Gasteiger partial charge in [-0.15, -0.1) is 0 Å². The number of benzene rings is 1. The normalized spacial score (nSPS) is 13.3. The molecule has 0 atom stereocenters. The summed E-state index contributed by atoms with van der Waals surface area (Å²) in [5.74, 6) is -1.70. The van der Waals surface area contributed by atoms with Gasteiger partial charge < -0.3 is 5.73 Å². The summed E-state index contributed by atoms with van der Waals surface area (Å²) in [5.41, 5.74) is -4.07. The monoisotopic (exact) mass is 321 g/mol. The lowest BCUT2D eigenvalue weighted by Crippen LogP contribution is -2.25. The molecule has 20 heavy (non-hydrogen) atoms. The number of carbonyl (C=O) groups excluding carboxylic acids is 1. The van der Waals surface area contributed by atoms with E-state index in [-0.39, 0.29) is 18.2 Å². The average Bonchev–Trinajstić information content (AvgIpc) is 2.25. The maximum absolute atomic E-state index is 12.5. The van der Waals surface area contributed by atoms with Crippen LogP contribution in [0.3, 0.4) is 0 Å². The molecule has 4 nitrogen and oxygen atoms in total. The maximum atomic E-state index is 12.5. The Morgan fingerprint density at radius 2 is 1.55 bits per heavy atom. The minimum Gasteiger partial charge on any atom is -0.366 e. The van der Waals surface area contributed by atoms with Crippen LogP contribution in [0.1, 0.15) is 15.9 Å². The largest absolute Gasteiger partial charge is 0.501 e. The van der Waals surface area contributed by atoms with Crippen LogP contribution in [0.2, 0.25) is 0 Å². The molecule has 1 rings (SSSR count). The van der Waals surface area contributed by atoms with Crippen LogP contribution in [-0.4, -0.2) is 19.8 Å². The summed E-state index contributed by atoms with van der Waals surface area (Å²) >= 11 is 0. The molecule has 0 saturated heterocycles. The van der Waals surface area contributed by atoms with Crippen LogP contribution in [0.15, 0.2) is 23.1 Å². The lowest BCUT2D eigenvalue weighted by molar-refractivity contribution is -0.137. The Labute approximate surface area is 108 Å². The van der Waals surface area contributed by atoms with Crippen molar-refractivity contribution in [1.82, 2.24) is 0 Å². The van der Waals surface area contributed by atoms with Crippen molar-refractivity contribution in [1.29, 1.82) is 0 Å². The zero-order valence-electron chi connectivity index (χ0n) is 9.21. The third-order valence-corrected chi connectivity index (χ3v) is 3.66. The van der Waals surface area contributed by atoms with Crippen LogP contribution < -0.4 is 5.73 Å². The number of primary amides is 1. The van der Waals surface area contributed by atoms with Gasteiger partial charge in [0.2, 0.25) is 5.91 Å². The fourth-order valence-electron chi connectivity index (χ4n) is 1.28. The van der Waals surface area contributed by atoms with Gasteiger partial charge in [-0.1, -0.05) is 0 Å². The highest BCUT2D eigenvalue weighted by Crippen LogP contribution is 2.36. The zero-order valence-corrected chi connectivity index (χ0v) is 10.0. The predicted octanol–water partition coefficient (Wildman–Crippen LogP) is 2.10. The molecule has 11 heteroatoms. The number of sulfone groups is 1. The Balaban J connectivity index is 3.59. The van der Waals surface area contributed by atoms with Crippen molar-refractivity contribution in [2.24, 2.45) is 5.73 Å². The lowest BCUT2D eigenvalue weighted by atomic mass is 10.1. The number of rotatable bonds is 2. The molecule has 0 saturated carbocycles. The van der Waals surface area contributed by atoms with E-state index in [1.807, 2.05) is 0 Å². The molecule has 0 fully saturated rings. The molecule has 0 unspecified atom stereocenters. The number of hydrogen-bond donors (Lipinski definition) is 1. The third kappa shape index (κ3) is 2.86. The molecule has 0 spiro atoms. The molecule has 1 amide bonds. The Kier molecular flexibility index (Phi) is 3.78. The van der Waals surface area contributed by atoms with Gasteiger partial charge in [0.1, 0.15) is 0 Å². The Bertz CT molecular complexity index is 647. The average molecular weight is 321 g/mol. The summed E-state index contributed by atoms with van der Waals surface area (Å²) in [6, 6.07) is 0.116. The van der Waals surface area contributed by atoms with Gasteiger partial charge in [0.15, 0.2) is 0 Å². The van der Waals surface area contributed by atoms with Crippen LogP contribution in [-0.2, 0) is 16.0 Å². The van der Waals surface area contributed by atoms with Crippen molar-refractivity contribution in [3.8, 4) is 0 Å². The van der Waals surface area contributed by atoms with E-state index in [1.165, 1.54) is 0 Å². The summed E-state index contributed by atoms with van der Waals surface area (Å²) in [7, 11) is -5.87. The number of carbonyl (C=O) groups is 1. The van der Waals surface area contributed by atoms with Gasteiger partial charge in [-0.3, -0.25) is 4.79 Å². The van der Waals surface area contributed by atoms with Crippen molar-refractivity contribution in [3.63, 3.8) is 0 Å². The zero-order chi connectivity index (χ0) is 15.9. The first-order chi connectivity index (χ1) is 8.78. The molecule has 0 bridgehead atoms. The number of nitrogens with two attached hydrogens (primary N) is 1. The molecule has 2 N–H and O–H groups in total. The smallest absolute Gasteiger partial charge is 0.366 e. The predicted molar refractivity (Wildman–Crippen MR) is 53.2 cm³/mol. The topological polar surface area (TPSA) is 77.2 Å². The minimum atomic E-state index is -5.87. The molecular weight excluding hydrogens is 316 g/mol. The first-order valence-electron chi connectivity index (χ1n) is 4.61. The van der Waals surface area contributed by atoms with Gasteiger partial charge >= 0.3 is 11.7 Å². The molecule has 0 aliphatic rings. The molecule has 1 aromatic rings. The SMILES string of the molecule is NC(=O)c1cc(S(=O)(=O)C(F)(F)F)ccc1C(F)(F)F. The Morgan fingerprint density at radius 3 is 1.90 bits per heavy atom. The van der Waals surface area contributed by atoms with Gasteiger partial charge in [0.05, 0.1) is 16.0 Å². The van der Waals surface area contributed by atoms with E-state index >= 15 is 0 Å². The molecule has 0 aliphatic carbocycles. The number of hydrogen-bond acceptors (Lipinski definition) is 3. The van der Waals surface area contributed by atoms with Crippen molar-refractivity contribution in [2.75, 3.05) is 0 Å². The van der Waals surface area contributed by atoms with Crippen molar-refractivity contribution in [3.05, 3.63) is 29.3 Å². The lowest BCUT2D eigenvalue weighted by Gasteiger charge is -2.13. The van der Waals surface area contributed by atoms with Crippen LogP contribution in [0.4, 0.5) is 26.3 Å². The molecule has 0 aromatic heterocycles. The standard InChI is InChI=1S/C9H5F6NO3S/c10-8(11,12)6-2-1-4(3-5(6)7(16)17)20(18,19)9(13,14)15/h1-3H,(H2,16,17). The van der Waals surface area contributed by atoms with Crippen LogP contribution in [0.25, 0.3) is 0 Å². The van der Waals surface area contributed by atoms with Crippen molar-refractivity contribution in [2.45, 2.75) is 16.6 Å². The molecule has 0 radical (unpaired) electrons. The fraction of sp³-hybridized carbons (Fsp3) is 0.222. The highest BCUT2D eigenvalue weighted by atomic mass is 32.2. The highest BCUT2D eigenvalue weighted by molar-refractivity contribution is 7.92. The fourth-order valence-corrected chi connectivity index (χ4v) is 2.06. The van der Waals surface area contributed by atoms with Crippen molar-refractivity contribution < 1.29 is 39.6 Å². The maximum Gasteiger partial charge on any atom is 0.501 e. The molecular formula is C9H5F6NO3S. The quantitative estimate of drug-likeness (QED) is 0.847. The first-order valence-corrected chi connectivity index (χ1v) is 6.09. The Morgan fingerprint density at radius 1 is 1.05 bits per heavy atom. The summed E-state index contributed by atoms with van der Waals surface area (Å²) in [4.78, 5) is 9.35. The van der Waals surface area contributed by atoms with Gasteiger partial charge in [0.25, 0.3) is 9.84 Å². The van der Waals surface area contributed by atoms with E-state index in [0.29, 0.717) is 0 Å². The second kappa shape index (κ2) is 4.65. The van der Waals surface area contributed by atoms with E-state index in [0.717, 1.165) is 0 Å². The van der Waals surface area contributed by atoms with Crippen molar-refractivity contribution >= 4 is 15.7 Å². The molecule has 0 heterocycles. The summed E-state index contributed by atoms with van der Waals surface area (Å²) in [6.07, 6.45) is -5.06. The highest BCUT2D eigenvalue weighted by Gasteiger charge is 2.47. The van der Waals surface area contributed by atoms with E-state index in [4.69, 9.17) is 0 Å². The summed E-state index contributed by atoms with van der Waals surface area (Å²) in [6.45, 7) is 0. The molecule has 112 valence electrons. The van der Waals surface area contributed by atoms with Gasteiger partial charge in [-0.2, -0.15) is 26.3 Å². The number of halogens is 6. The summed E-state index contributed by atoms with van der Waals surface area (Å²) < 4.78 is 96.3. The van der Waals surface area contributed by atoms with Crippen LogP contribution in [0.5, 0.6) is 0 Å². The van der Waals surface area contributed by atoms with Gasteiger partial charge in [0, 0.05) is 0 Å². The Hall–Kier alpha value is -1.78. The minimum absolute atomic E-state index is 0.0476. The number of amides is 1. The van der Waals surface area contributed by atoms with Crippen LogP contribution in [0, 0.1) is 0 Å². The van der Waals surface area contributed by atoms with E-state index < -0.39 is 43.5 Å². The number of alkyl halides is 6. The second-order valence-corrected chi connectivity index (χ2v) is 5.46. The third-order valence-electron chi connectivity index (χ3n) is 2.18. The van der Waals surface area contributed by atoms with Crippen LogP contribution >= 0.6 is 0 Å². The van der Waals surface area contributed by atoms with Gasteiger partial charge in [-0.25, -0.2) is 8.42 Å². The van der Waals surface area contributed by atoms with Gasteiger partial charge in [-0.05, 0) is 18.2 Å². The van der Waals surface area contributed by atoms with E-state index in [2.05, 4.69) is 5.73 Å². The van der Waals surface area contributed by atoms with E-state index in [1.54, 1.807) is 0 Å². The molecule has 1 aromatic carbocycles. The first kappa shape index (κ1) is 16.3. The van der Waals surface area contributed by atoms with E-state index in [9.17, 15) is 39.6 Å². The molecule has 0 aliphatic heterocycles. The second-order valence-electron chi connectivity index (χ2n) is 3.52.